The van der Waals surface area contributed by atoms with E-state index in [1.54, 1.807) is 30.3 Å². The van der Waals surface area contributed by atoms with Crippen molar-refractivity contribution in [2.24, 2.45) is 0 Å². The molecule has 2 aromatic carbocycles. The molecular weight excluding hydrogens is 376 g/mol. The summed E-state index contributed by atoms with van der Waals surface area (Å²) in [5.74, 6) is -0.349. The van der Waals surface area contributed by atoms with E-state index in [1.807, 2.05) is 0 Å². The normalized spacial score (nSPS) is 11.7. The van der Waals surface area contributed by atoms with Crippen molar-refractivity contribution in [3.05, 3.63) is 60.8 Å². The van der Waals surface area contributed by atoms with Crippen molar-refractivity contribution in [3.63, 3.8) is 0 Å². The van der Waals surface area contributed by atoms with Crippen LogP contribution in [-0.2, 0) is 0 Å². The highest BCUT2D eigenvalue weighted by atomic mass is 19.4. The lowest BCUT2D eigenvalue weighted by Crippen LogP contribution is -2.22. The minimum atomic E-state index is -4.39. The number of rotatable bonds is 4. The van der Waals surface area contributed by atoms with Gasteiger partial charge in [-0.05, 0) is 30.3 Å². The molecule has 0 aliphatic heterocycles. The molecule has 0 unspecified atom stereocenters. The topological polar surface area (TPSA) is 63.8 Å². The Morgan fingerprint density at radius 2 is 1.79 bits per heavy atom. The van der Waals surface area contributed by atoms with Crippen LogP contribution in [0.1, 0.15) is 0 Å². The van der Waals surface area contributed by atoms with Crippen LogP contribution in [0.2, 0.25) is 0 Å². The zero-order chi connectivity index (χ0) is 19.7. The van der Waals surface area contributed by atoms with Crippen molar-refractivity contribution >= 4 is 16.8 Å². The van der Waals surface area contributed by atoms with Gasteiger partial charge in [0.2, 0.25) is 0 Å². The maximum atomic E-state index is 13.2. The van der Waals surface area contributed by atoms with E-state index < -0.39 is 12.7 Å². The summed E-state index contributed by atoms with van der Waals surface area (Å²) in [5, 5.41) is 6.97. The van der Waals surface area contributed by atoms with Crippen LogP contribution in [0, 0.1) is 5.82 Å². The summed E-state index contributed by atoms with van der Waals surface area (Å²) in [5.41, 5.74) is 2.35. The first-order chi connectivity index (χ1) is 13.4. The van der Waals surface area contributed by atoms with E-state index in [-0.39, 0.29) is 11.6 Å². The number of fused-ring (bicyclic) bond motifs is 1. The average molecular weight is 388 g/mol. The van der Waals surface area contributed by atoms with Crippen LogP contribution in [0.15, 0.2) is 59.5 Å². The predicted molar refractivity (Wildman–Crippen MR) is 95.0 cm³/mol. The van der Waals surface area contributed by atoms with E-state index in [1.165, 1.54) is 18.3 Å². The Morgan fingerprint density at radius 1 is 1.00 bits per heavy atom. The molecule has 0 spiro atoms. The van der Waals surface area contributed by atoms with Crippen LogP contribution in [-0.4, -0.2) is 27.8 Å². The molecule has 0 aliphatic carbocycles. The Labute approximate surface area is 156 Å². The first-order valence-corrected chi connectivity index (χ1v) is 8.18. The van der Waals surface area contributed by atoms with Gasteiger partial charge < -0.3 is 9.84 Å². The number of aromatic nitrogens is 3. The lowest BCUT2D eigenvalue weighted by atomic mass is 10.0. The van der Waals surface area contributed by atoms with Crippen molar-refractivity contribution in [1.29, 1.82) is 0 Å². The van der Waals surface area contributed by atoms with Crippen LogP contribution in [0.5, 0.6) is 0 Å². The standard InChI is InChI=1S/C19H12F4N4O/c20-12-6-4-11(5-7-12)16-14-3-1-2-13(17(14)28-27-16)15-8-24-10-26-18(15)25-9-19(21,22)23/h1-8,10H,9H2,(H,24,25,26). The van der Waals surface area contributed by atoms with E-state index in [2.05, 4.69) is 20.4 Å². The van der Waals surface area contributed by atoms with Gasteiger partial charge in [-0.3, -0.25) is 0 Å². The van der Waals surface area contributed by atoms with E-state index >= 15 is 0 Å². The first kappa shape index (κ1) is 17.9. The molecule has 0 bridgehead atoms. The van der Waals surface area contributed by atoms with Crippen LogP contribution in [0.3, 0.4) is 0 Å². The number of nitrogens with zero attached hydrogens (tertiary/aromatic N) is 3. The number of anilines is 1. The fourth-order valence-electron chi connectivity index (χ4n) is 2.84. The highest BCUT2D eigenvalue weighted by molar-refractivity contribution is 6.01. The van der Waals surface area contributed by atoms with Crippen molar-refractivity contribution in [2.45, 2.75) is 6.18 Å². The number of hydrogen-bond donors (Lipinski definition) is 1. The molecule has 0 atom stereocenters. The molecule has 1 N–H and O–H groups in total. The third-order valence-corrected chi connectivity index (χ3v) is 4.07. The Hall–Kier alpha value is -3.49. The molecule has 9 heteroatoms. The Bertz CT molecular complexity index is 1120. The molecular formula is C19H12F4N4O. The molecule has 2 aromatic heterocycles. The SMILES string of the molecule is Fc1ccc(-c2noc3c(-c4cncnc4NCC(F)(F)F)cccc23)cc1. The number of benzene rings is 2. The fourth-order valence-corrected chi connectivity index (χ4v) is 2.84. The number of para-hydroxylation sites is 1. The lowest BCUT2D eigenvalue weighted by molar-refractivity contribution is -0.115. The molecule has 142 valence electrons. The molecule has 0 aliphatic rings. The quantitative estimate of drug-likeness (QED) is 0.495. The van der Waals surface area contributed by atoms with Crippen LogP contribution < -0.4 is 5.32 Å². The molecule has 28 heavy (non-hydrogen) atoms. The average Bonchev–Trinajstić information content (AvgIpc) is 3.11. The minimum absolute atomic E-state index is 0.0274. The smallest absolute Gasteiger partial charge is 0.361 e. The maximum Gasteiger partial charge on any atom is 0.405 e. The molecule has 2 heterocycles. The van der Waals surface area contributed by atoms with Crippen molar-refractivity contribution in [3.8, 4) is 22.4 Å². The first-order valence-electron chi connectivity index (χ1n) is 8.18. The molecule has 4 aromatic rings. The van der Waals surface area contributed by atoms with E-state index in [4.69, 9.17) is 4.52 Å². The van der Waals surface area contributed by atoms with E-state index in [9.17, 15) is 17.6 Å². The lowest BCUT2D eigenvalue weighted by Gasteiger charge is -2.12. The third-order valence-electron chi connectivity index (χ3n) is 4.07. The van der Waals surface area contributed by atoms with Gasteiger partial charge in [-0.15, -0.1) is 0 Å². The number of halogens is 4. The summed E-state index contributed by atoms with van der Waals surface area (Å²) in [6, 6.07) is 10.9. The highest BCUT2D eigenvalue weighted by Crippen LogP contribution is 2.36. The van der Waals surface area contributed by atoms with Crippen LogP contribution >= 0.6 is 0 Å². The van der Waals surface area contributed by atoms with Crippen molar-refractivity contribution < 1.29 is 22.1 Å². The largest absolute Gasteiger partial charge is 0.405 e. The number of hydrogen-bond acceptors (Lipinski definition) is 5. The molecule has 0 radical (unpaired) electrons. The minimum Gasteiger partial charge on any atom is -0.361 e. The molecule has 4 rings (SSSR count). The summed E-state index contributed by atoms with van der Waals surface area (Å²) in [6.07, 6.45) is -1.83. The Morgan fingerprint density at radius 3 is 2.54 bits per heavy atom. The van der Waals surface area contributed by atoms with Crippen molar-refractivity contribution in [1.82, 2.24) is 15.1 Å². The molecule has 0 amide bonds. The second-order valence-corrected chi connectivity index (χ2v) is 5.97. The van der Waals surface area contributed by atoms with Crippen LogP contribution in [0.25, 0.3) is 33.4 Å². The summed E-state index contributed by atoms with van der Waals surface area (Å²) in [7, 11) is 0. The van der Waals surface area contributed by atoms with Gasteiger partial charge in [-0.25, -0.2) is 14.4 Å². The summed E-state index contributed by atoms with van der Waals surface area (Å²) in [6.45, 7) is -1.23. The van der Waals surface area contributed by atoms with Gasteiger partial charge in [0.15, 0.2) is 5.58 Å². The zero-order valence-electron chi connectivity index (χ0n) is 14.2. The van der Waals surface area contributed by atoms with Gasteiger partial charge in [0.1, 0.15) is 30.2 Å². The molecule has 0 fully saturated rings. The predicted octanol–water partition coefficient (Wildman–Crippen LogP) is 5.07. The number of nitrogens with one attached hydrogen (secondary N) is 1. The summed E-state index contributed by atoms with van der Waals surface area (Å²) in [4.78, 5) is 7.83. The second kappa shape index (κ2) is 6.91. The van der Waals surface area contributed by atoms with Gasteiger partial charge in [0.05, 0.1) is 5.39 Å². The van der Waals surface area contributed by atoms with E-state index in [0.29, 0.717) is 33.4 Å². The van der Waals surface area contributed by atoms with Gasteiger partial charge >= 0.3 is 6.18 Å². The highest BCUT2D eigenvalue weighted by Gasteiger charge is 2.27. The summed E-state index contributed by atoms with van der Waals surface area (Å²) >= 11 is 0. The molecule has 0 saturated heterocycles. The number of alkyl halides is 3. The van der Waals surface area contributed by atoms with Gasteiger partial charge in [0.25, 0.3) is 0 Å². The Kier molecular flexibility index (Phi) is 4.42. The van der Waals surface area contributed by atoms with Gasteiger partial charge in [-0.1, -0.05) is 17.3 Å². The second-order valence-electron chi connectivity index (χ2n) is 5.97. The maximum absolute atomic E-state index is 13.2. The van der Waals surface area contributed by atoms with Crippen LogP contribution in [0.4, 0.5) is 23.4 Å². The zero-order valence-corrected chi connectivity index (χ0v) is 14.2. The molecule has 0 saturated carbocycles. The van der Waals surface area contributed by atoms with Crippen molar-refractivity contribution in [2.75, 3.05) is 11.9 Å². The Balaban J connectivity index is 1.80. The molecule has 5 nitrogen and oxygen atoms in total. The third kappa shape index (κ3) is 3.51. The fraction of sp³-hybridized carbons (Fsp3) is 0.105. The monoisotopic (exact) mass is 388 g/mol. The van der Waals surface area contributed by atoms with Gasteiger partial charge in [0, 0.05) is 22.9 Å². The summed E-state index contributed by atoms with van der Waals surface area (Å²) < 4.78 is 56.4. The van der Waals surface area contributed by atoms with E-state index in [0.717, 1.165) is 6.33 Å². The van der Waals surface area contributed by atoms with Gasteiger partial charge in [-0.2, -0.15) is 13.2 Å².